The van der Waals surface area contributed by atoms with E-state index < -0.39 is 0 Å². The molecular weight excluding hydrogens is 411 g/mol. The maximum absolute atomic E-state index is 12.5. The third kappa shape index (κ3) is 5.36. The Bertz CT molecular complexity index is 1050. The second kappa shape index (κ2) is 9.89. The van der Waals surface area contributed by atoms with Gasteiger partial charge in [-0.25, -0.2) is 9.51 Å². The van der Waals surface area contributed by atoms with E-state index in [2.05, 4.69) is 38.8 Å². The normalized spacial score (nSPS) is 11.6. The first-order valence-electron chi connectivity index (χ1n) is 9.75. The summed E-state index contributed by atoms with van der Waals surface area (Å²) in [5, 5.41) is 5.18. The number of hydrogen-bond acceptors (Lipinski definition) is 4. The second-order valence-electron chi connectivity index (χ2n) is 6.79. The fraction of sp³-hybridized carbons (Fsp3) is 0.400. The van der Waals surface area contributed by atoms with Crippen LogP contribution in [0.1, 0.15) is 39.5 Å². The lowest BCUT2D eigenvalue weighted by atomic mass is 10.1. The monoisotopic (exact) mass is 434 g/mol. The van der Waals surface area contributed by atoms with Crippen LogP contribution < -0.4 is 5.56 Å². The van der Waals surface area contributed by atoms with Gasteiger partial charge in [0.05, 0.1) is 21.9 Å². The number of rotatable bonds is 9. The minimum Gasteiger partial charge on any atom is -0.362 e. The van der Waals surface area contributed by atoms with E-state index in [1.165, 1.54) is 4.52 Å². The molecule has 2 heterocycles. The van der Waals surface area contributed by atoms with Crippen LogP contribution in [0.3, 0.4) is 0 Å². The van der Waals surface area contributed by atoms with Crippen LogP contribution in [0.15, 0.2) is 34.2 Å². The lowest BCUT2D eigenvalue weighted by Gasteiger charge is -2.18. The predicted molar refractivity (Wildman–Crippen MR) is 119 cm³/mol. The molecule has 0 bridgehead atoms. The summed E-state index contributed by atoms with van der Waals surface area (Å²) in [7, 11) is 0. The van der Waals surface area contributed by atoms with Crippen LogP contribution in [-0.2, 0) is 0 Å². The molecule has 0 radical (unpaired) electrons. The third-order valence-corrected chi connectivity index (χ3v) is 5.25. The molecule has 0 amide bonds. The van der Waals surface area contributed by atoms with Gasteiger partial charge in [0, 0.05) is 19.3 Å². The Morgan fingerprint density at radius 1 is 1.17 bits per heavy atom. The molecule has 154 valence electrons. The van der Waals surface area contributed by atoms with E-state index >= 15 is 0 Å². The first-order valence-corrected chi connectivity index (χ1v) is 10.5. The van der Waals surface area contributed by atoms with Crippen LogP contribution in [0.2, 0.25) is 10.0 Å². The molecule has 1 aromatic carbocycles. The summed E-state index contributed by atoms with van der Waals surface area (Å²) in [6, 6.07) is 5.04. The number of nitrogens with zero attached hydrogens (tertiary/aromatic N) is 5. The zero-order valence-corrected chi connectivity index (χ0v) is 18.0. The maximum Gasteiger partial charge on any atom is 0.271 e. The highest BCUT2D eigenvalue weighted by atomic mass is 35.5. The van der Waals surface area contributed by atoms with Crippen molar-refractivity contribution in [2.24, 2.45) is 4.99 Å². The Balaban J connectivity index is 1.87. The van der Waals surface area contributed by atoms with E-state index in [4.69, 9.17) is 23.2 Å². The van der Waals surface area contributed by atoms with Gasteiger partial charge < -0.3 is 4.90 Å². The van der Waals surface area contributed by atoms with Gasteiger partial charge in [-0.05, 0) is 30.5 Å². The summed E-state index contributed by atoms with van der Waals surface area (Å²) in [6.45, 7) is 6.23. The van der Waals surface area contributed by atoms with Gasteiger partial charge in [0.1, 0.15) is 0 Å². The molecule has 0 saturated heterocycles. The molecule has 7 nitrogen and oxygen atoms in total. The van der Waals surface area contributed by atoms with Crippen LogP contribution in [0.4, 0.5) is 5.95 Å². The molecule has 0 fully saturated rings. The molecule has 0 aliphatic rings. The number of fused-ring (bicyclic) bond motifs is 1. The van der Waals surface area contributed by atoms with Crippen molar-refractivity contribution in [3.8, 4) is 11.1 Å². The summed E-state index contributed by atoms with van der Waals surface area (Å²) in [4.78, 5) is 26.1. The van der Waals surface area contributed by atoms with E-state index in [-0.39, 0.29) is 5.56 Å². The van der Waals surface area contributed by atoms with Gasteiger partial charge in [0.2, 0.25) is 5.78 Å². The summed E-state index contributed by atoms with van der Waals surface area (Å²) in [5.74, 6) is 0.629. The zero-order valence-electron chi connectivity index (χ0n) is 16.5. The Morgan fingerprint density at radius 3 is 2.55 bits per heavy atom. The number of halogens is 2. The largest absolute Gasteiger partial charge is 0.362 e. The fourth-order valence-electron chi connectivity index (χ4n) is 2.84. The van der Waals surface area contributed by atoms with Crippen molar-refractivity contribution >= 4 is 41.3 Å². The number of hydrogen-bond donors (Lipinski definition) is 1. The molecule has 0 atom stereocenters. The molecule has 0 aliphatic carbocycles. The summed E-state index contributed by atoms with van der Waals surface area (Å²) in [5.41, 5.74) is 0.781. The Hall–Kier alpha value is -2.38. The molecule has 9 heteroatoms. The topological polar surface area (TPSA) is 78.7 Å². The Morgan fingerprint density at radius 2 is 1.90 bits per heavy atom. The van der Waals surface area contributed by atoms with Crippen molar-refractivity contribution in [1.82, 2.24) is 24.5 Å². The van der Waals surface area contributed by atoms with Crippen molar-refractivity contribution in [2.45, 2.75) is 39.5 Å². The van der Waals surface area contributed by atoms with Crippen molar-refractivity contribution in [3.05, 3.63) is 44.8 Å². The minimum absolute atomic E-state index is 0.286. The second-order valence-corrected chi connectivity index (χ2v) is 7.61. The van der Waals surface area contributed by atoms with E-state index in [1.807, 2.05) is 0 Å². The lowest BCUT2D eigenvalue weighted by Crippen LogP contribution is -2.24. The zero-order chi connectivity index (χ0) is 20.8. The van der Waals surface area contributed by atoms with E-state index in [1.54, 1.807) is 30.7 Å². The van der Waals surface area contributed by atoms with Crippen molar-refractivity contribution in [1.29, 1.82) is 0 Å². The van der Waals surface area contributed by atoms with Crippen molar-refractivity contribution < 1.29 is 0 Å². The van der Waals surface area contributed by atoms with Crippen LogP contribution in [0.5, 0.6) is 0 Å². The number of unbranched alkanes of at least 4 members (excludes halogenated alkanes) is 2. The molecule has 3 aromatic rings. The SMILES string of the molecule is CCCCN(/C=N/c1nc2[nH]c(=O)c(-c3ccc(Cl)c(Cl)c3)cn2n1)CCCC. The van der Waals surface area contributed by atoms with Gasteiger partial charge in [-0.3, -0.25) is 9.78 Å². The lowest BCUT2D eigenvalue weighted by molar-refractivity contribution is 0.409. The average molecular weight is 435 g/mol. The molecule has 2 aromatic heterocycles. The minimum atomic E-state index is -0.286. The van der Waals surface area contributed by atoms with Gasteiger partial charge in [-0.1, -0.05) is 56.0 Å². The molecular formula is C20H24Cl2N6O. The average Bonchev–Trinajstić information content (AvgIpc) is 3.10. The highest BCUT2D eigenvalue weighted by molar-refractivity contribution is 6.42. The number of aromatic amines is 1. The highest BCUT2D eigenvalue weighted by Crippen LogP contribution is 2.27. The predicted octanol–water partition coefficient (Wildman–Crippen LogP) is 4.95. The molecule has 1 N–H and O–H groups in total. The number of aromatic nitrogens is 4. The number of nitrogens with one attached hydrogen (secondary N) is 1. The van der Waals surface area contributed by atoms with Crippen LogP contribution in [0.25, 0.3) is 16.9 Å². The Labute approximate surface area is 179 Å². The molecule has 3 rings (SSSR count). The first-order chi connectivity index (χ1) is 14.0. The van der Waals surface area contributed by atoms with Gasteiger partial charge >= 0.3 is 0 Å². The molecule has 0 spiro atoms. The summed E-state index contributed by atoms with van der Waals surface area (Å²) in [6.07, 6.45) is 7.87. The number of benzene rings is 1. The van der Waals surface area contributed by atoms with Gasteiger partial charge in [0.25, 0.3) is 11.5 Å². The van der Waals surface area contributed by atoms with E-state index in [0.29, 0.717) is 32.9 Å². The maximum atomic E-state index is 12.5. The standard InChI is InChI=1S/C20H24Cl2N6O/c1-3-5-9-27(10-6-4-2)13-23-19-25-20-24-18(29)15(12-28(20)26-19)14-7-8-16(21)17(22)11-14/h7-8,11-13H,3-6,9-10H2,1-2H3,(H,24,25,26,29)/b23-13+. The molecule has 0 aliphatic heterocycles. The highest BCUT2D eigenvalue weighted by Gasteiger charge is 2.11. The van der Waals surface area contributed by atoms with Crippen LogP contribution in [-0.4, -0.2) is 43.9 Å². The summed E-state index contributed by atoms with van der Waals surface area (Å²) >= 11 is 12.0. The quantitative estimate of drug-likeness (QED) is 0.381. The van der Waals surface area contributed by atoms with Gasteiger partial charge in [0.15, 0.2) is 0 Å². The van der Waals surface area contributed by atoms with E-state index in [9.17, 15) is 4.79 Å². The summed E-state index contributed by atoms with van der Waals surface area (Å²) < 4.78 is 1.51. The fourth-order valence-corrected chi connectivity index (χ4v) is 3.14. The Kier molecular flexibility index (Phi) is 7.28. The van der Waals surface area contributed by atoms with Crippen molar-refractivity contribution in [3.63, 3.8) is 0 Å². The molecule has 0 saturated carbocycles. The third-order valence-electron chi connectivity index (χ3n) is 4.51. The van der Waals surface area contributed by atoms with Gasteiger partial charge in [-0.2, -0.15) is 4.98 Å². The van der Waals surface area contributed by atoms with E-state index in [0.717, 1.165) is 38.8 Å². The smallest absolute Gasteiger partial charge is 0.271 e. The number of aliphatic imine (C=N–C) groups is 1. The molecule has 29 heavy (non-hydrogen) atoms. The molecule has 0 unspecified atom stereocenters. The first kappa shape index (κ1) is 21.3. The van der Waals surface area contributed by atoms with Crippen molar-refractivity contribution in [2.75, 3.05) is 13.1 Å². The van der Waals surface area contributed by atoms with Crippen LogP contribution >= 0.6 is 23.2 Å². The van der Waals surface area contributed by atoms with Crippen LogP contribution in [0, 0.1) is 0 Å². The number of H-pyrrole nitrogens is 1. The van der Waals surface area contributed by atoms with Gasteiger partial charge in [-0.15, -0.1) is 5.10 Å².